The van der Waals surface area contributed by atoms with Crippen molar-refractivity contribution in [3.8, 4) is 0 Å². The van der Waals surface area contributed by atoms with E-state index in [0.29, 0.717) is 6.42 Å². The van der Waals surface area contributed by atoms with E-state index in [9.17, 15) is 9.90 Å². The van der Waals surface area contributed by atoms with Crippen LogP contribution in [0.1, 0.15) is 46.5 Å². The van der Waals surface area contributed by atoms with Crippen LogP contribution in [0.15, 0.2) is 23.3 Å². The lowest BCUT2D eigenvalue weighted by Crippen LogP contribution is -2.41. The van der Waals surface area contributed by atoms with Gasteiger partial charge in [0.15, 0.2) is 5.78 Å². The minimum Gasteiger partial charge on any atom is -0.392 e. The summed E-state index contributed by atoms with van der Waals surface area (Å²) in [7, 11) is 0. The molecule has 94 valence electrons. The molecular weight excluding hydrogens is 212 g/mol. The summed E-state index contributed by atoms with van der Waals surface area (Å²) < 4.78 is 0. The molecule has 0 aliphatic heterocycles. The number of aliphatic hydroxyl groups excluding tert-OH is 1. The Bertz CT molecular complexity index is 405. The third kappa shape index (κ3) is 1.99. The Morgan fingerprint density at radius 2 is 2.18 bits per heavy atom. The van der Waals surface area contributed by atoms with Gasteiger partial charge in [-0.05, 0) is 44.1 Å². The van der Waals surface area contributed by atoms with Crippen molar-refractivity contribution >= 4 is 5.78 Å². The van der Waals surface area contributed by atoms with Crippen LogP contribution in [0.25, 0.3) is 0 Å². The van der Waals surface area contributed by atoms with Crippen molar-refractivity contribution in [2.75, 3.05) is 0 Å². The topological polar surface area (TPSA) is 37.3 Å². The Hall–Kier alpha value is -0.890. The molecule has 0 heterocycles. The van der Waals surface area contributed by atoms with Crippen LogP contribution in [-0.2, 0) is 4.79 Å². The SMILES string of the molecule is C=C(C)[C@H]1CC2=C(C)C(=O)CC[C@@]2(C)CC1O. The molecule has 0 spiro atoms. The molecule has 0 bridgehead atoms. The van der Waals surface area contributed by atoms with Crippen molar-refractivity contribution in [1.29, 1.82) is 0 Å². The fourth-order valence-electron chi connectivity index (χ4n) is 3.44. The van der Waals surface area contributed by atoms with E-state index in [4.69, 9.17) is 0 Å². The van der Waals surface area contributed by atoms with Crippen molar-refractivity contribution < 1.29 is 9.90 Å². The van der Waals surface area contributed by atoms with Crippen molar-refractivity contribution in [1.82, 2.24) is 0 Å². The van der Waals surface area contributed by atoms with Crippen LogP contribution in [0.5, 0.6) is 0 Å². The monoisotopic (exact) mass is 234 g/mol. The molecule has 1 fully saturated rings. The smallest absolute Gasteiger partial charge is 0.158 e. The predicted octanol–water partition coefficient (Wildman–Crippen LogP) is 3.02. The summed E-state index contributed by atoms with van der Waals surface area (Å²) in [6.07, 6.45) is 2.80. The van der Waals surface area contributed by atoms with Crippen molar-refractivity contribution in [2.45, 2.75) is 52.6 Å². The normalized spacial score (nSPS) is 38.0. The van der Waals surface area contributed by atoms with Crippen LogP contribution < -0.4 is 0 Å². The Kier molecular flexibility index (Phi) is 3.03. The van der Waals surface area contributed by atoms with Gasteiger partial charge in [0.25, 0.3) is 0 Å². The Morgan fingerprint density at radius 3 is 2.76 bits per heavy atom. The average molecular weight is 234 g/mol. The summed E-state index contributed by atoms with van der Waals surface area (Å²) in [4.78, 5) is 11.8. The summed E-state index contributed by atoms with van der Waals surface area (Å²) in [5.74, 6) is 0.410. The Labute approximate surface area is 103 Å². The van der Waals surface area contributed by atoms with Gasteiger partial charge >= 0.3 is 0 Å². The summed E-state index contributed by atoms with van der Waals surface area (Å²) in [5, 5.41) is 10.2. The third-order valence-electron chi connectivity index (χ3n) is 4.68. The van der Waals surface area contributed by atoms with Gasteiger partial charge < -0.3 is 5.11 Å². The molecule has 0 aromatic heterocycles. The molecular formula is C15H22O2. The zero-order valence-electron chi connectivity index (χ0n) is 11.0. The molecule has 2 aliphatic rings. The lowest BCUT2D eigenvalue weighted by atomic mass is 9.60. The first-order valence-corrected chi connectivity index (χ1v) is 6.42. The highest BCUT2D eigenvalue weighted by Crippen LogP contribution is 2.51. The molecule has 1 unspecified atom stereocenters. The molecule has 0 radical (unpaired) electrons. The minimum atomic E-state index is -0.303. The minimum absolute atomic E-state index is 0.0311. The van der Waals surface area contributed by atoms with Crippen LogP contribution in [0.2, 0.25) is 0 Å². The molecule has 17 heavy (non-hydrogen) atoms. The van der Waals surface area contributed by atoms with Gasteiger partial charge in [0.1, 0.15) is 0 Å². The third-order valence-corrected chi connectivity index (χ3v) is 4.68. The maximum absolute atomic E-state index is 11.8. The zero-order valence-corrected chi connectivity index (χ0v) is 11.0. The van der Waals surface area contributed by atoms with Crippen LogP contribution in [0.4, 0.5) is 0 Å². The highest BCUT2D eigenvalue weighted by atomic mass is 16.3. The molecule has 2 heteroatoms. The van der Waals surface area contributed by atoms with Crippen molar-refractivity contribution in [3.05, 3.63) is 23.3 Å². The second-order valence-electron chi connectivity index (χ2n) is 6.02. The lowest BCUT2D eigenvalue weighted by Gasteiger charge is -2.46. The number of fused-ring (bicyclic) bond motifs is 1. The molecule has 0 aromatic carbocycles. The Morgan fingerprint density at radius 1 is 1.53 bits per heavy atom. The fraction of sp³-hybridized carbons (Fsp3) is 0.667. The number of carbonyl (C=O) groups excluding carboxylic acids is 1. The van der Waals surface area contributed by atoms with Crippen LogP contribution >= 0.6 is 0 Å². The van der Waals surface area contributed by atoms with Crippen LogP contribution in [0.3, 0.4) is 0 Å². The standard InChI is InChI=1S/C15H22O2/c1-9(2)11-7-12-10(3)13(16)5-6-15(12,4)8-14(11)17/h11,14,17H,1,5-8H2,2-4H3/t11-,14?,15+/m1/s1. The number of rotatable bonds is 1. The molecule has 2 rings (SSSR count). The molecule has 0 aromatic rings. The second kappa shape index (κ2) is 4.09. The van der Waals surface area contributed by atoms with Gasteiger partial charge in [-0.2, -0.15) is 0 Å². The summed E-state index contributed by atoms with van der Waals surface area (Å²) in [6, 6.07) is 0. The molecule has 0 saturated heterocycles. The summed E-state index contributed by atoms with van der Waals surface area (Å²) >= 11 is 0. The molecule has 1 N–H and O–H groups in total. The van der Waals surface area contributed by atoms with Crippen molar-refractivity contribution in [3.63, 3.8) is 0 Å². The van der Waals surface area contributed by atoms with E-state index < -0.39 is 0 Å². The number of ketones is 1. The first-order chi connectivity index (χ1) is 7.85. The summed E-state index contributed by atoms with van der Waals surface area (Å²) in [5.41, 5.74) is 3.27. The van der Waals surface area contributed by atoms with Crippen molar-refractivity contribution in [2.24, 2.45) is 11.3 Å². The number of allylic oxidation sites excluding steroid dienone is 2. The number of carbonyl (C=O) groups is 1. The van der Waals surface area contributed by atoms with E-state index in [-0.39, 0.29) is 23.2 Å². The highest BCUT2D eigenvalue weighted by Gasteiger charge is 2.44. The van der Waals surface area contributed by atoms with Gasteiger partial charge in [0.2, 0.25) is 0 Å². The Balaban J connectivity index is 2.40. The van der Waals surface area contributed by atoms with E-state index in [1.165, 1.54) is 5.57 Å². The quantitative estimate of drug-likeness (QED) is 0.708. The average Bonchev–Trinajstić information content (AvgIpc) is 2.23. The van der Waals surface area contributed by atoms with Gasteiger partial charge in [-0.3, -0.25) is 4.79 Å². The predicted molar refractivity (Wildman–Crippen MR) is 68.6 cm³/mol. The van der Waals surface area contributed by atoms with E-state index in [0.717, 1.165) is 30.4 Å². The van der Waals surface area contributed by atoms with E-state index in [1.807, 2.05) is 13.8 Å². The van der Waals surface area contributed by atoms with Gasteiger partial charge in [0.05, 0.1) is 6.10 Å². The van der Waals surface area contributed by atoms with E-state index >= 15 is 0 Å². The van der Waals surface area contributed by atoms with Crippen LogP contribution in [0, 0.1) is 11.3 Å². The molecule has 2 aliphatic carbocycles. The molecule has 0 amide bonds. The second-order valence-corrected chi connectivity index (χ2v) is 6.02. The maximum Gasteiger partial charge on any atom is 0.158 e. The first-order valence-electron chi connectivity index (χ1n) is 6.42. The molecule has 1 saturated carbocycles. The zero-order chi connectivity index (χ0) is 12.8. The number of aliphatic hydroxyl groups is 1. The van der Waals surface area contributed by atoms with Crippen LogP contribution in [-0.4, -0.2) is 17.0 Å². The molecule has 2 nitrogen and oxygen atoms in total. The largest absolute Gasteiger partial charge is 0.392 e. The summed E-state index contributed by atoms with van der Waals surface area (Å²) in [6.45, 7) is 10.1. The first kappa shape index (κ1) is 12.6. The van der Waals surface area contributed by atoms with Gasteiger partial charge in [0, 0.05) is 12.3 Å². The lowest BCUT2D eigenvalue weighted by molar-refractivity contribution is -0.117. The van der Waals surface area contributed by atoms with Gasteiger partial charge in [-0.15, -0.1) is 0 Å². The van der Waals surface area contributed by atoms with E-state index in [1.54, 1.807) is 0 Å². The number of Topliss-reactive ketones (excluding diaryl/α,β-unsaturated/α-hetero) is 1. The fourth-order valence-corrected chi connectivity index (χ4v) is 3.44. The van der Waals surface area contributed by atoms with Gasteiger partial charge in [-0.25, -0.2) is 0 Å². The maximum atomic E-state index is 11.8. The number of hydrogen-bond acceptors (Lipinski definition) is 2. The van der Waals surface area contributed by atoms with E-state index in [2.05, 4.69) is 13.5 Å². The van der Waals surface area contributed by atoms with Gasteiger partial charge in [-0.1, -0.05) is 24.6 Å². The number of hydrogen-bond donors (Lipinski definition) is 1. The highest BCUT2D eigenvalue weighted by molar-refractivity contribution is 5.96. The molecule has 3 atom stereocenters.